The first-order valence-electron chi connectivity index (χ1n) is 8.54. The first-order valence-corrected chi connectivity index (χ1v) is 8.54. The highest BCUT2D eigenvalue weighted by Crippen LogP contribution is 2.38. The van der Waals surface area contributed by atoms with E-state index in [0.717, 1.165) is 32.2 Å². The minimum absolute atomic E-state index is 0.0709. The first kappa shape index (κ1) is 16.3. The maximum atomic E-state index is 12.2. The van der Waals surface area contributed by atoms with Crippen LogP contribution in [-0.2, 0) is 9.59 Å². The molecule has 2 unspecified atom stereocenters. The van der Waals surface area contributed by atoms with E-state index in [2.05, 4.69) is 12.2 Å². The third kappa shape index (κ3) is 4.21. The fraction of sp³-hybridized carbons (Fsp3) is 0.882. The van der Waals surface area contributed by atoms with Crippen molar-refractivity contribution in [3.8, 4) is 0 Å². The number of amides is 1. The predicted octanol–water partition coefficient (Wildman–Crippen LogP) is 3.35. The number of hydrogen-bond donors (Lipinski definition) is 2. The summed E-state index contributed by atoms with van der Waals surface area (Å²) in [7, 11) is 0. The summed E-state index contributed by atoms with van der Waals surface area (Å²) in [6.45, 7) is 2.96. The second-order valence-corrected chi connectivity index (χ2v) is 7.15. The molecule has 2 atom stereocenters. The summed E-state index contributed by atoms with van der Waals surface area (Å²) in [5.41, 5.74) is -0.818. The number of carboxylic acid groups (broad SMARTS) is 1. The van der Waals surface area contributed by atoms with Crippen molar-refractivity contribution >= 4 is 11.9 Å². The molecular weight excluding hydrogens is 266 g/mol. The van der Waals surface area contributed by atoms with Gasteiger partial charge in [-0.2, -0.15) is 0 Å². The molecule has 2 N–H and O–H groups in total. The van der Waals surface area contributed by atoms with Crippen molar-refractivity contribution in [2.75, 3.05) is 6.54 Å². The van der Waals surface area contributed by atoms with E-state index >= 15 is 0 Å². The van der Waals surface area contributed by atoms with E-state index in [4.69, 9.17) is 0 Å². The summed E-state index contributed by atoms with van der Waals surface area (Å²) >= 11 is 0. The molecule has 2 aliphatic rings. The molecule has 120 valence electrons. The highest BCUT2D eigenvalue weighted by Gasteiger charge is 2.40. The molecule has 2 rings (SSSR count). The van der Waals surface area contributed by atoms with E-state index in [1.807, 2.05) is 0 Å². The molecule has 0 bridgehead atoms. The van der Waals surface area contributed by atoms with Crippen molar-refractivity contribution in [2.24, 2.45) is 17.3 Å². The van der Waals surface area contributed by atoms with E-state index in [0.29, 0.717) is 24.7 Å². The highest BCUT2D eigenvalue weighted by molar-refractivity contribution is 5.85. The van der Waals surface area contributed by atoms with Gasteiger partial charge in [0.1, 0.15) is 0 Å². The second kappa shape index (κ2) is 7.28. The molecule has 2 aliphatic carbocycles. The first-order chi connectivity index (χ1) is 10.0. The Balaban J connectivity index is 1.87. The van der Waals surface area contributed by atoms with Crippen molar-refractivity contribution in [3.05, 3.63) is 0 Å². The Morgan fingerprint density at radius 2 is 1.76 bits per heavy atom. The van der Waals surface area contributed by atoms with Crippen LogP contribution in [0, 0.1) is 17.3 Å². The molecule has 0 spiro atoms. The molecule has 2 fully saturated rings. The normalized spacial score (nSPS) is 28.8. The molecule has 0 radical (unpaired) electrons. The van der Waals surface area contributed by atoms with Crippen LogP contribution in [0.15, 0.2) is 0 Å². The summed E-state index contributed by atoms with van der Waals surface area (Å²) in [5.74, 6) is 0.396. The molecule has 0 aromatic heterocycles. The Kier molecular flexibility index (Phi) is 5.65. The fourth-order valence-electron chi connectivity index (χ4n) is 4.01. The summed E-state index contributed by atoms with van der Waals surface area (Å²) in [5, 5.41) is 12.6. The maximum Gasteiger partial charge on any atom is 0.310 e. The summed E-state index contributed by atoms with van der Waals surface area (Å²) in [6.07, 6.45) is 9.19. The molecule has 2 saturated carbocycles. The summed E-state index contributed by atoms with van der Waals surface area (Å²) < 4.78 is 0. The van der Waals surface area contributed by atoms with Crippen molar-refractivity contribution in [1.29, 1.82) is 0 Å². The Bertz CT molecular complexity index is 372. The SMILES string of the molecule is CC1CCCC1CNC(=O)CC1(C(=O)O)CCCCCC1. The van der Waals surface area contributed by atoms with Gasteiger partial charge in [-0.05, 0) is 31.1 Å². The number of hydrogen-bond acceptors (Lipinski definition) is 2. The highest BCUT2D eigenvalue weighted by atomic mass is 16.4. The number of rotatable bonds is 5. The minimum atomic E-state index is -0.818. The van der Waals surface area contributed by atoms with E-state index in [1.54, 1.807) is 0 Å². The lowest BCUT2D eigenvalue weighted by molar-refractivity contribution is -0.152. The number of nitrogens with one attached hydrogen (secondary N) is 1. The number of carbonyl (C=O) groups excluding carboxylic acids is 1. The predicted molar refractivity (Wildman–Crippen MR) is 81.9 cm³/mol. The van der Waals surface area contributed by atoms with Crippen LogP contribution in [0.3, 0.4) is 0 Å². The Morgan fingerprint density at radius 3 is 2.29 bits per heavy atom. The quantitative estimate of drug-likeness (QED) is 0.764. The molecule has 0 saturated heterocycles. The zero-order valence-electron chi connectivity index (χ0n) is 13.2. The third-order valence-corrected chi connectivity index (χ3v) is 5.61. The molecule has 0 heterocycles. The van der Waals surface area contributed by atoms with Crippen LogP contribution in [0.5, 0.6) is 0 Å². The zero-order valence-corrected chi connectivity index (χ0v) is 13.2. The zero-order chi connectivity index (χ0) is 15.3. The lowest BCUT2D eigenvalue weighted by Gasteiger charge is -2.27. The van der Waals surface area contributed by atoms with Gasteiger partial charge in [0.15, 0.2) is 0 Å². The van der Waals surface area contributed by atoms with Crippen LogP contribution in [0.4, 0.5) is 0 Å². The molecular formula is C17H29NO3. The van der Waals surface area contributed by atoms with Crippen molar-refractivity contribution < 1.29 is 14.7 Å². The maximum absolute atomic E-state index is 12.2. The minimum Gasteiger partial charge on any atom is -0.481 e. The standard InChI is InChI=1S/C17H29NO3/c1-13-7-6-8-14(13)12-18-15(19)11-17(16(20)21)9-4-2-3-5-10-17/h13-14H,2-12H2,1H3,(H,18,19)(H,20,21). The van der Waals surface area contributed by atoms with Gasteiger partial charge in [-0.15, -0.1) is 0 Å². The van der Waals surface area contributed by atoms with Gasteiger partial charge in [0, 0.05) is 13.0 Å². The van der Waals surface area contributed by atoms with Gasteiger partial charge in [-0.25, -0.2) is 0 Å². The molecule has 21 heavy (non-hydrogen) atoms. The van der Waals surface area contributed by atoms with Crippen LogP contribution < -0.4 is 5.32 Å². The third-order valence-electron chi connectivity index (χ3n) is 5.61. The molecule has 0 aromatic rings. The molecule has 0 aromatic carbocycles. The van der Waals surface area contributed by atoms with E-state index < -0.39 is 11.4 Å². The van der Waals surface area contributed by atoms with Crippen molar-refractivity contribution in [1.82, 2.24) is 5.32 Å². The van der Waals surface area contributed by atoms with Crippen LogP contribution in [0.25, 0.3) is 0 Å². The number of carboxylic acids is 1. The second-order valence-electron chi connectivity index (χ2n) is 7.15. The van der Waals surface area contributed by atoms with Gasteiger partial charge < -0.3 is 10.4 Å². The van der Waals surface area contributed by atoms with Gasteiger partial charge in [-0.3, -0.25) is 9.59 Å². The molecule has 0 aliphatic heterocycles. The molecule has 1 amide bonds. The van der Waals surface area contributed by atoms with Crippen LogP contribution in [-0.4, -0.2) is 23.5 Å². The van der Waals surface area contributed by atoms with Crippen LogP contribution >= 0.6 is 0 Å². The van der Waals surface area contributed by atoms with E-state index in [-0.39, 0.29) is 12.3 Å². The van der Waals surface area contributed by atoms with Gasteiger partial charge in [0.2, 0.25) is 5.91 Å². The fourth-order valence-corrected chi connectivity index (χ4v) is 4.01. The Labute approximate surface area is 127 Å². The summed E-state index contributed by atoms with van der Waals surface area (Å²) in [6, 6.07) is 0. The number of carbonyl (C=O) groups is 2. The van der Waals surface area contributed by atoms with Gasteiger partial charge >= 0.3 is 5.97 Å². The summed E-state index contributed by atoms with van der Waals surface area (Å²) in [4.78, 5) is 23.9. The van der Waals surface area contributed by atoms with Gasteiger partial charge in [0.05, 0.1) is 5.41 Å². The number of aliphatic carboxylic acids is 1. The van der Waals surface area contributed by atoms with E-state index in [9.17, 15) is 14.7 Å². The van der Waals surface area contributed by atoms with Crippen LogP contribution in [0.1, 0.15) is 71.1 Å². The smallest absolute Gasteiger partial charge is 0.310 e. The monoisotopic (exact) mass is 295 g/mol. The lowest BCUT2D eigenvalue weighted by Crippen LogP contribution is -2.39. The Hall–Kier alpha value is -1.06. The average Bonchev–Trinajstić information content (AvgIpc) is 2.70. The van der Waals surface area contributed by atoms with Crippen molar-refractivity contribution in [2.45, 2.75) is 71.1 Å². The van der Waals surface area contributed by atoms with Gasteiger partial charge in [0.25, 0.3) is 0 Å². The molecule has 4 heteroatoms. The largest absolute Gasteiger partial charge is 0.481 e. The van der Waals surface area contributed by atoms with E-state index in [1.165, 1.54) is 19.3 Å². The lowest BCUT2D eigenvalue weighted by atomic mass is 9.77. The van der Waals surface area contributed by atoms with Gasteiger partial charge in [-0.1, -0.05) is 45.4 Å². The van der Waals surface area contributed by atoms with Crippen LogP contribution in [0.2, 0.25) is 0 Å². The molecule has 4 nitrogen and oxygen atoms in total. The average molecular weight is 295 g/mol. The Morgan fingerprint density at radius 1 is 1.10 bits per heavy atom. The topological polar surface area (TPSA) is 66.4 Å². The van der Waals surface area contributed by atoms with Crippen molar-refractivity contribution in [3.63, 3.8) is 0 Å².